The lowest BCUT2D eigenvalue weighted by Gasteiger charge is -2.38. The third-order valence-corrected chi connectivity index (χ3v) is 3.64. The van der Waals surface area contributed by atoms with Crippen LogP contribution in [-0.4, -0.2) is 16.8 Å². The van der Waals surface area contributed by atoms with Gasteiger partial charge in [-0.05, 0) is 37.0 Å². The van der Waals surface area contributed by atoms with Gasteiger partial charge in [-0.1, -0.05) is 18.2 Å². The van der Waals surface area contributed by atoms with Crippen LogP contribution in [0.1, 0.15) is 30.9 Å². The summed E-state index contributed by atoms with van der Waals surface area (Å²) in [5.74, 6) is -0.143. The summed E-state index contributed by atoms with van der Waals surface area (Å²) in [5.41, 5.74) is 1.04. The van der Waals surface area contributed by atoms with Gasteiger partial charge in [-0.3, -0.25) is 4.79 Å². The number of hydrogen-bond donors (Lipinski definition) is 0. The molecule has 88 valence electrons. The minimum atomic E-state index is -0.230. The zero-order valence-corrected chi connectivity index (χ0v) is 9.47. The Bertz CT molecular complexity index is 466. The SMILES string of the molecule is O=C1C=CC2CCCC(c3ccc(F)cc3)N12. The Balaban J connectivity index is 1.91. The molecule has 2 nitrogen and oxygen atoms in total. The first kappa shape index (κ1) is 10.5. The molecule has 2 atom stereocenters. The summed E-state index contributed by atoms with van der Waals surface area (Å²) in [6, 6.07) is 6.85. The summed E-state index contributed by atoms with van der Waals surface area (Å²) >= 11 is 0. The highest BCUT2D eigenvalue weighted by Gasteiger charge is 2.35. The maximum absolute atomic E-state index is 12.9. The second-order valence-corrected chi connectivity index (χ2v) is 4.67. The van der Waals surface area contributed by atoms with Gasteiger partial charge in [-0.15, -0.1) is 0 Å². The first-order valence-electron chi connectivity index (χ1n) is 6.01. The van der Waals surface area contributed by atoms with Gasteiger partial charge in [0.25, 0.3) is 0 Å². The fourth-order valence-electron chi connectivity index (χ4n) is 2.83. The molecule has 2 unspecified atom stereocenters. The lowest BCUT2D eigenvalue weighted by atomic mass is 9.92. The van der Waals surface area contributed by atoms with Crippen LogP contribution in [0, 0.1) is 5.82 Å². The van der Waals surface area contributed by atoms with Crippen molar-refractivity contribution in [3.63, 3.8) is 0 Å². The smallest absolute Gasteiger partial charge is 0.247 e. The predicted octanol–water partition coefficient (Wildman–Crippen LogP) is 2.82. The van der Waals surface area contributed by atoms with Gasteiger partial charge < -0.3 is 4.90 Å². The van der Waals surface area contributed by atoms with Crippen LogP contribution in [0.4, 0.5) is 4.39 Å². The molecule has 1 aromatic carbocycles. The normalized spacial score (nSPS) is 27.4. The van der Waals surface area contributed by atoms with E-state index in [4.69, 9.17) is 0 Å². The number of benzene rings is 1. The van der Waals surface area contributed by atoms with E-state index in [0.717, 1.165) is 24.8 Å². The highest BCUT2D eigenvalue weighted by molar-refractivity contribution is 5.91. The number of carbonyl (C=O) groups is 1. The first-order chi connectivity index (χ1) is 8.25. The predicted molar refractivity (Wildman–Crippen MR) is 62.8 cm³/mol. The molecular weight excluding hydrogens is 217 g/mol. The molecule has 0 spiro atoms. The lowest BCUT2D eigenvalue weighted by molar-refractivity contribution is -0.130. The molecule has 2 aliphatic rings. The van der Waals surface area contributed by atoms with Crippen LogP contribution in [0.2, 0.25) is 0 Å². The zero-order valence-electron chi connectivity index (χ0n) is 9.47. The van der Waals surface area contributed by atoms with E-state index in [-0.39, 0.29) is 23.8 Å². The molecule has 0 radical (unpaired) electrons. The third kappa shape index (κ3) is 1.75. The number of nitrogens with zero attached hydrogens (tertiary/aromatic N) is 1. The van der Waals surface area contributed by atoms with Crippen LogP contribution in [0.25, 0.3) is 0 Å². The van der Waals surface area contributed by atoms with Crippen molar-refractivity contribution in [2.24, 2.45) is 0 Å². The van der Waals surface area contributed by atoms with Crippen molar-refractivity contribution < 1.29 is 9.18 Å². The average molecular weight is 231 g/mol. The van der Waals surface area contributed by atoms with Crippen molar-refractivity contribution in [2.45, 2.75) is 31.3 Å². The van der Waals surface area contributed by atoms with Crippen LogP contribution in [0.5, 0.6) is 0 Å². The molecule has 1 aromatic rings. The van der Waals surface area contributed by atoms with Gasteiger partial charge in [0.05, 0.1) is 12.1 Å². The minimum absolute atomic E-state index is 0.0871. The number of carbonyl (C=O) groups excluding carboxylic acids is 1. The minimum Gasteiger partial charge on any atom is -0.326 e. The van der Waals surface area contributed by atoms with Crippen molar-refractivity contribution in [2.75, 3.05) is 0 Å². The molecule has 1 amide bonds. The van der Waals surface area contributed by atoms with Crippen molar-refractivity contribution in [3.05, 3.63) is 47.8 Å². The second kappa shape index (κ2) is 3.99. The molecule has 0 bridgehead atoms. The van der Waals surface area contributed by atoms with Gasteiger partial charge in [0.15, 0.2) is 0 Å². The van der Waals surface area contributed by atoms with Gasteiger partial charge >= 0.3 is 0 Å². The van der Waals surface area contributed by atoms with Crippen LogP contribution in [0.15, 0.2) is 36.4 Å². The third-order valence-electron chi connectivity index (χ3n) is 3.64. The van der Waals surface area contributed by atoms with E-state index in [1.807, 2.05) is 11.0 Å². The summed E-state index contributed by atoms with van der Waals surface area (Å²) in [6.45, 7) is 0. The Morgan fingerprint density at radius 3 is 2.71 bits per heavy atom. The summed E-state index contributed by atoms with van der Waals surface area (Å²) in [5, 5.41) is 0. The molecule has 0 N–H and O–H groups in total. The van der Waals surface area contributed by atoms with E-state index < -0.39 is 0 Å². The standard InChI is InChI=1S/C14H14FNO/c15-11-6-4-10(5-7-11)13-3-1-2-12-8-9-14(17)16(12)13/h4-9,12-13H,1-3H2. The van der Waals surface area contributed by atoms with E-state index in [9.17, 15) is 9.18 Å². The van der Waals surface area contributed by atoms with Gasteiger partial charge in [0.1, 0.15) is 5.82 Å². The fourth-order valence-corrected chi connectivity index (χ4v) is 2.83. The quantitative estimate of drug-likeness (QED) is 0.727. The van der Waals surface area contributed by atoms with Crippen molar-refractivity contribution in [1.29, 1.82) is 0 Å². The Labute approximate surface area is 99.7 Å². The Hall–Kier alpha value is -1.64. The average Bonchev–Trinajstić information content (AvgIpc) is 2.73. The molecule has 3 heteroatoms. The molecule has 17 heavy (non-hydrogen) atoms. The maximum atomic E-state index is 12.9. The van der Waals surface area contributed by atoms with Crippen molar-refractivity contribution in [3.8, 4) is 0 Å². The molecule has 0 aliphatic carbocycles. The molecule has 0 saturated carbocycles. The number of fused-ring (bicyclic) bond motifs is 1. The Morgan fingerprint density at radius 2 is 1.94 bits per heavy atom. The molecule has 0 aromatic heterocycles. The number of rotatable bonds is 1. The largest absolute Gasteiger partial charge is 0.326 e. The first-order valence-corrected chi connectivity index (χ1v) is 6.01. The topological polar surface area (TPSA) is 20.3 Å². The van der Waals surface area contributed by atoms with Crippen molar-refractivity contribution >= 4 is 5.91 Å². The summed E-state index contributed by atoms with van der Waals surface area (Å²) in [7, 11) is 0. The van der Waals surface area contributed by atoms with E-state index in [1.165, 1.54) is 12.1 Å². The van der Waals surface area contributed by atoms with Gasteiger partial charge in [-0.25, -0.2) is 4.39 Å². The van der Waals surface area contributed by atoms with E-state index in [1.54, 1.807) is 18.2 Å². The van der Waals surface area contributed by atoms with Crippen LogP contribution in [-0.2, 0) is 4.79 Å². The number of piperidine rings is 1. The van der Waals surface area contributed by atoms with Crippen LogP contribution in [0.3, 0.4) is 0 Å². The van der Waals surface area contributed by atoms with Crippen molar-refractivity contribution in [1.82, 2.24) is 4.90 Å². The highest BCUT2D eigenvalue weighted by Crippen LogP contribution is 2.37. The van der Waals surface area contributed by atoms with E-state index in [0.29, 0.717) is 0 Å². The number of halogens is 1. The van der Waals surface area contributed by atoms with Gasteiger partial charge in [-0.2, -0.15) is 0 Å². The van der Waals surface area contributed by atoms with E-state index in [2.05, 4.69) is 0 Å². The van der Waals surface area contributed by atoms with Gasteiger partial charge in [0.2, 0.25) is 5.91 Å². The highest BCUT2D eigenvalue weighted by atomic mass is 19.1. The Kier molecular flexibility index (Phi) is 2.46. The maximum Gasteiger partial charge on any atom is 0.247 e. The van der Waals surface area contributed by atoms with E-state index >= 15 is 0 Å². The van der Waals surface area contributed by atoms with Crippen LogP contribution >= 0.6 is 0 Å². The summed E-state index contributed by atoms with van der Waals surface area (Å²) in [4.78, 5) is 13.8. The molecule has 3 rings (SSSR count). The van der Waals surface area contributed by atoms with Gasteiger partial charge in [0, 0.05) is 6.08 Å². The monoisotopic (exact) mass is 231 g/mol. The molecule has 2 aliphatic heterocycles. The molecular formula is C14H14FNO. The number of amides is 1. The molecule has 1 fully saturated rings. The second-order valence-electron chi connectivity index (χ2n) is 4.67. The summed E-state index contributed by atoms with van der Waals surface area (Å²) in [6.07, 6.45) is 6.76. The fraction of sp³-hybridized carbons (Fsp3) is 0.357. The lowest BCUT2D eigenvalue weighted by Crippen LogP contribution is -2.40. The molecule has 1 saturated heterocycles. The zero-order chi connectivity index (χ0) is 11.8. The molecule has 2 heterocycles. The van der Waals surface area contributed by atoms with Crippen LogP contribution < -0.4 is 0 Å². The number of hydrogen-bond acceptors (Lipinski definition) is 1. The Morgan fingerprint density at radius 1 is 1.18 bits per heavy atom. The summed E-state index contributed by atoms with van der Waals surface area (Å²) < 4.78 is 12.9.